The number of rotatable bonds is 13. The minimum Gasteiger partial charge on any atom is -0.357 e. The molecule has 2 fully saturated rings. The molecular formula is C50H58N8O2. The fourth-order valence-corrected chi connectivity index (χ4v) is 10.1. The molecule has 0 bridgehead atoms. The lowest BCUT2D eigenvalue weighted by Crippen LogP contribution is -2.60. The van der Waals surface area contributed by atoms with Crippen LogP contribution in [0.15, 0.2) is 122 Å². The summed E-state index contributed by atoms with van der Waals surface area (Å²) in [4.78, 5) is 49.9. The van der Waals surface area contributed by atoms with E-state index in [4.69, 9.17) is 9.97 Å². The predicted octanol–water partition coefficient (Wildman–Crippen LogP) is 8.60. The highest BCUT2D eigenvalue weighted by Crippen LogP contribution is 2.45. The maximum Gasteiger partial charge on any atom is 0.245 e. The SMILES string of the molecule is CNC(=O)C(c1ccccc1)([C@H](C)c1ncc(-c2ccc(-c3ccc(-c4cnc([C@@H](C)C(C(=O)NC)(c5ccccc5)N5CCCCC5)[nH]4)cc3)cc2)[nH]1)N1CCCCC1. The van der Waals surface area contributed by atoms with E-state index in [0.29, 0.717) is 0 Å². The van der Waals surface area contributed by atoms with Gasteiger partial charge in [0.2, 0.25) is 11.8 Å². The molecule has 310 valence electrons. The van der Waals surface area contributed by atoms with Gasteiger partial charge in [0.15, 0.2) is 0 Å². The number of hydrogen-bond acceptors (Lipinski definition) is 6. The summed E-state index contributed by atoms with van der Waals surface area (Å²) in [5.41, 5.74) is 6.23. The second-order valence-electron chi connectivity index (χ2n) is 16.5. The molecule has 4 N–H and O–H groups in total. The fraction of sp³-hybridized carbons (Fsp3) is 0.360. The van der Waals surface area contributed by atoms with Crippen LogP contribution in [0.2, 0.25) is 0 Å². The van der Waals surface area contributed by atoms with Crippen molar-refractivity contribution in [2.75, 3.05) is 40.3 Å². The number of nitrogens with zero attached hydrogens (tertiary/aromatic N) is 4. The summed E-state index contributed by atoms with van der Waals surface area (Å²) in [6.07, 6.45) is 10.4. The van der Waals surface area contributed by atoms with Gasteiger partial charge >= 0.3 is 0 Å². The van der Waals surface area contributed by atoms with E-state index in [1.807, 2.05) is 48.8 Å². The number of aromatic nitrogens is 4. The average Bonchev–Trinajstić information content (AvgIpc) is 4.03. The first-order valence-corrected chi connectivity index (χ1v) is 21.7. The van der Waals surface area contributed by atoms with Crippen LogP contribution in [0.4, 0.5) is 0 Å². The number of benzene rings is 4. The number of carbonyl (C=O) groups is 2. The zero-order chi connectivity index (χ0) is 41.7. The summed E-state index contributed by atoms with van der Waals surface area (Å²) < 4.78 is 0. The number of carbonyl (C=O) groups excluding carboxylic acids is 2. The lowest BCUT2D eigenvalue weighted by molar-refractivity contribution is -0.137. The number of piperidine rings is 2. The van der Waals surface area contributed by atoms with Gasteiger partial charge in [0, 0.05) is 25.9 Å². The van der Waals surface area contributed by atoms with Gasteiger partial charge in [-0.3, -0.25) is 19.4 Å². The molecule has 10 heteroatoms. The Morgan fingerprint density at radius 1 is 0.517 bits per heavy atom. The molecule has 60 heavy (non-hydrogen) atoms. The third kappa shape index (κ3) is 7.36. The van der Waals surface area contributed by atoms with Crippen LogP contribution in [0.5, 0.6) is 0 Å². The Balaban J connectivity index is 1.02. The quantitative estimate of drug-likeness (QED) is 0.0929. The van der Waals surface area contributed by atoms with Crippen molar-refractivity contribution < 1.29 is 9.59 Å². The molecule has 4 heterocycles. The Labute approximate surface area is 354 Å². The topological polar surface area (TPSA) is 122 Å². The molecule has 10 nitrogen and oxygen atoms in total. The predicted molar refractivity (Wildman–Crippen MR) is 239 cm³/mol. The largest absolute Gasteiger partial charge is 0.357 e. The number of hydrogen-bond donors (Lipinski definition) is 4. The molecule has 2 saturated heterocycles. The molecule has 0 spiro atoms. The summed E-state index contributed by atoms with van der Waals surface area (Å²) in [5.74, 6) is 1.05. The summed E-state index contributed by atoms with van der Waals surface area (Å²) in [6.45, 7) is 7.68. The molecule has 2 aliphatic rings. The molecule has 4 aromatic carbocycles. The van der Waals surface area contributed by atoms with E-state index >= 15 is 0 Å². The number of imidazole rings is 2. The van der Waals surface area contributed by atoms with Crippen LogP contribution in [0.3, 0.4) is 0 Å². The Bertz CT molecular complexity index is 2180. The number of nitrogens with one attached hydrogen (secondary N) is 4. The molecule has 4 atom stereocenters. The maximum absolute atomic E-state index is 14.1. The molecule has 8 rings (SSSR count). The minimum absolute atomic E-state index is 0.0158. The first kappa shape index (κ1) is 40.9. The van der Waals surface area contributed by atoms with E-state index in [2.05, 4.69) is 117 Å². The molecular weight excluding hydrogens is 745 g/mol. The van der Waals surface area contributed by atoms with Crippen molar-refractivity contribution >= 4 is 11.8 Å². The second-order valence-corrected chi connectivity index (χ2v) is 16.5. The monoisotopic (exact) mass is 802 g/mol. The van der Waals surface area contributed by atoms with Crippen LogP contribution in [0, 0.1) is 0 Å². The van der Waals surface area contributed by atoms with Gasteiger partial charge in [-0.2, -0.15) is 0 Å². The van der Waals surface area contributed by atoms with Crippen molar-refractivity contribution in [1.29, 1.82) is 0 Å². The van der Waals surface area contributed by atoms with Crippen LogP contribution >= 0.6 is 0 Å². The lowest BCUT2D eigenvalue weighted by Gasteiger charge is -2.47. The number of likely N-dealkylation sites (tertiary alicyclic amines) is 2. The third-order valence-corrected chi connectivity index (χ3v) is 13.3. The van der Waals surface area contributed by atoms with Gasteiger partial charge in [0.05, 0.1) is 23.8 Å². The second kappa shape index (κ2) is 17.8. The van der Waals surface area contributed by atoms with Gasteiger partial charge in [-0.25, -0.2) is 9.97 Å². The van der Waals surface area contributed by atoms with Crippen molar-refractivity contribution in [1.82, 2.24) is 40.4 Å². The molecule has 2 aliphatic heterocycles. The Kier molecular flexibility index (Phi) is 12.1. The first-order chi connectivity index (χ1) is 29.3. The zero-order valence-corrected chi connectivity index (χ0v) is 35.4. The summed E-state index contributed by atoms with van der Waals surface area (Å²) in [6, 6.07) is 37.4. The molecule has 2 aromatic heterocycles. The molecule has 2 unspecified atom stereocenters. The number of aromatic amines is 2. The lowest BCUT2D eigenvalue weighted by atomic mass is 9.75. The number of H-pyrrole nitrogens is 2. The number of amides is 2. The molecule has 0 aliphatic carbocycles. The van der Waals surface area contributed by atoms with E-state index in [9.17, 15) is 9.59 Å². The van der Waals surface area contributed by atoms with Crippen LogP contribution in [-0.4, -0.2) is 81.8 Å². The van der Waals surface area contributed by atoms with Crippen LogP contribution in [-0.2, 0) is 20.7 Å². The van der Waals surface area contributed by atoms with Crippen molar-refractivity contribution in [3.8, 4) is 33.6 Å². The molecule has 0 radical (unpaired) electrons. The normalized spacial score (nSPS) is 18.1. The third-order valence-electron chi connectivity index (χ3n) is 13.3. The molecule has 6 aromatic rings. The molecule has 2 amide bonds. The van der Waals surface area contributed by atoms with Crippen molar-refractivity contribution in [2.45, 2.75) is 75.3 Å². The van der Waals surface area contributed by atoms with E-state index in [-0.39, 0.29) is 23.7 Å². The minimum atomic E-state index is -0.900. The van der Waals surface area contributed by atoms with Gasteiger partial charge in [-0.15, -0.1) is 0 Å². The highest BCUT2D eigenvalue weighted by Gasteiger charge is 2.52. The van der Waals surface area contributed by atoms with Gasteiger partial charge in [0.25, 0.3) is 0 Å². The van der Waals surface area contributed by atoms with Gasteiger partial charge in [-0.1, -0.05) is 136 Å². The van der Waals surface area contributed by atoms with E-state index < -0.39 is 11.1 Å². The van der Waals surface area contributed by atoms with Gasteiger partial charge in [0.1, 0.15) is 22.7 Å². The van der Waals surface area contributed by atoms with Gasteiger partial charge < -0.3 is 20.6 Å². The summed E-state index contributed by atoms with van der Waals surface area (Å²) >= 11 is 0. The zero-order valence-electron chi connectivity index (χ0n) is 35.4. The Morgan fingerprint density at radius 2 is 0.850 bits per heavy atom. The van der Waals surface area contributed by atoms with Crippen LogP contribution in [0.25, 0.3) is 33.6 Å². The van der Waals surface area contributed by atoms with Crippen molar-refractivity contribution in [3.05, 3.63) is 144 Å². The number of likely N-dealkylation sites (N-methyl/N-ethyl adjacent to an activating group) is 2. The maximum atomic E-state index is 14.1. The Morgan fingerprint density at radius 3 is 1.18 bits per heavy atom. The van der Waals surface area contributed by atoms with E-state index in [1.165, 1.54) is 12.8 Å². The highest BCUT2D eigenvalue weighted by molar-refractivity contribution is 5.89. The van der Waals surface area contributed by atoms with E-state index in [1.54, 1.807) is 14.1 Å². The van der Waals surface area contributed by atoms with Crippen molar-refractivity contribution in [3.63, 3.8) is 0 Å². The smallest absolute Gasteiger partial charge is 0.245 e. The van der Waals surface area contributed by atoms with E-state index in [0.717, 1.165) is 108 Å². The standard InChI is InChI=1S/C50H58N8O2/c1-35(49(47(59)51-3,41-17-9-5-10-18-41)57-29-13-7-14-30-57)45-53-33-43(55-45)39-25-21-37(22-26-39)38-23-27-40(28-24-38)44-34-54-46(56-44)36(2)50(48(60)52-4,42-19-11-6-12-20-42)58-31-15-8-16-32-58/h5-6,9-12,17-28,33-36H,7-8,13-16,29-32H2,1-4H3,(H,51,59)(H,52,60)(H,53,55)(H,54,56)/t35-,36-,49?,50?/m1/s1. The van der Waals surface area contributed by atoms with Gasteiger partial charge in [-0.05, 0) is 85.2 Å². The summed E-state index contributed by atoms with van der Waals surface area (Å²) in [7, 11) is 3.47. The molecule has 0 saturated carbocycles. The Hall–Kier alpha value is -5.84. The van der Waals surface area contributed by atoms with Crippen LogP contribution in [0.1, 0.15) is 87.0 Å². The highest BCUT2D eigenvalue weighted by atomic mass is 16.2. The fourth-order valence-electron chi connectivity index (χ4n) is 10.1. The average molecular weight is 803 g/mol. The summed E-state index contributed by atoms with van der Waals surface area (Å²) in [5, 5.41) is 6.03. The van der Waals surface area contributed by atoms with Crippen molar-refractivity contribution in [2.24, 2.45) is 0 Å². The first-order valence-electron chi connectivity index (χ1n) is 21.7. The van der Waals surface area contributed by atoms with Crippen LogP contribution < -0.4 is 10.6 Å².